The Morgan fingerprint density at radius 1 is 1.38 bits per heavy atom. The number of hydrogen-bond acceptors (Lipinski definition) is 3. The van der Waals surface area contributed by atoms with Crippen LogP contribution in [0.1, 0.15) is 5.56 Å². The molecule has 0 fully saturated rings. The van der Waals surface area contributed by atoms with Gasteiger partial charge < -0.3 is 4.52 Å². The van der Waals surface area contributed by atoms with Crippen LogP contribution < -0.4 is 4.52 Å². The number of nitriles is 1. The van der Waals surface area contributed by atoms with Crippen LogP contribution in [-0.2, 0) is 4.57 Å². The van der Waals surface area contributed by atoms with Crippen molar-refractivity contribution in [3.63, 3.8) is 0 Å². The second kappa shape index (κ2) is 3.64. The number of hydrogen-bond donors (Lipinski definition) is 0. The summed E-state index contributed by atoms with van der Waals surface area (Å²) in [5.74, 6) is 0.387. The molecule has 1 aromatic carbocycles. The first-order valence-corrected chi connectivity index (χ1v) is 6.28. The average Bonchev–Trinajstić information content (AvgIpc) is 2.02. The third-order valence-electron chi connectivity index (χ3n) is 1.33. The van der Waals surface area contributed by atoms with Crippen LogP contribution >= 0.6 is 7.37 Å². The van der Waals surface area contributed by atoms with Crippen molar-refractivity contribution in [3.05, 3.63) is 29.8 Å². The van der Waals surface area contributed by atoms with E-state index in [9.17, 15) is 4.57 Å². The van der Waals surface area contributed by atoms with E-state index in [0.29, 0.717) is 11.3 Å². The minimum absolute atomic E-state index is 0.387. The molecule has 4 heteroatoms. The monoisotopic (exact) mass is 195 g/mol. The molecule has 0 amide bonds. The van der Waals surface area contributed by atoms with Crippen molar-refractivity contribution in [1.82, 2.24) is 0 Å². The molecule has 0 spiro atoms. The maximum absolute atomic E-state index is 11.3. The quantitative estimate of drug-likeness (QED) is 0.681. The topological polar surface area (TPSA) is 50.1 Å². The van der Waals surface area contributed by atoms with Crippen molar-refractivity contribution in [3.8, 4) is 11.8 Å². The molecule has 0 aliphatic carbocycles. The van der Waals surface area contributed by atoms with Gasteiger partial charge in [-0.15, -0.1) is 0 Å². The van der Waals surface area contributed by atoms with Gasteiger partial charge in [-0.2, -0.15) is 5.26 Å². The fraction of sp³-hybridized carbons (Fsp3) is 0.222. The first-order valence-electron chi connectivity index (χ1n) is 3.76. The smallest absolute Gasteiger partial charge is 0.242 e. The Kier molecular flexibility index (Phi) is 2.75. The third-order valence-corrected chi connectivity index (χ3v) is 1.96. The van der Waals surface area contributed by atoms with E-state index in [1.807, 2.05) is 6.07 Å². The number of rotatable bonds is 2. The summed E-state index contributed by atoms with van der Waals surface area (Å²) in [6, 6.07) is 8.72. The SMILES string of the molecule is CP(C)(=O)Oc1ccccc1C#N. The van der Waals surface area contributed by atoms with Gasteiger partial charge in [-0.05, 0) is 12.1 Å². The van der Waals surface area contributed by atoms with Gasteiger partial charge in [0.1, 0.15) is 11.8 Å². The van der Waals surface area contributed by atoms with E-state index in [1.54, 1.807) is 24.3 Å². The molecule has 0 saturated carbocycles. The summed E-state index contributed by atoms with van der Waals surface area (Å²) in [7, 11) is -2.58. The van der Waals surface area contributed by atoms with E-state index in [0.717, 1.165) is 0 Å². The van der Waals surface area contributed by atoms with Crippen LogP contribution in [0, 0.1) is 11.3 Å². The summed E-state index contributed by atoms with van der Waals surface area (Å²) in [4.78, 5) is 0. The largest absolute Gasteiger partial charge is 0.442 e. The molecular formula is C9H10NO2P. The molecule has 0 aliphatic rings. The third kappa shape index (κ3) is 2.93. The van der Waals surface area contributed by atoms with Crippen LogP contribution in [0.5, 0.6) is 5.75 Å². The van der Waals surface area contributed by atoms with Gasteiger partial charge in [-0.25, -0.2) is 0 Å². The molecular weight excluding hydrogens is 185 g/mol. The minimum Gasteiger partial charge on any atom is -0.442 e. The highest BCUT2D eigenvalue weighted by atomic mass is 31.2. The van der Waals surface area contributed by atoms with Crippen molar-refractivity contribution >= 4 is 7.37 Å². The molecule has 1 rings (SSSR count). The molecule has 13 heavy (non-hydrogen) atoms. The molecule has 0 atom stereocenters. The van der Waals surface area contributed by atoms with Gasteiger partial charge in [-0.1, -0.05) is 12.1 Å². The molecule has 0 radical (unpaired) electrons. The standard InChI is InChI=1S/C9H10NO2P/c1-13(2,11)12-9-6-4-3-5-8(9)7-10/h3-6H,1-2H3. The molecule has 0 bridgehead atoms. The Balaban J connectivity index is 3.03. The van der Waals surface area contributed by atoms with Crippen molar-refractivity contribution < 1.29 is 9.09 Å². The average molecular weight is 195 g/mol. The van der Waals surface area contributed by atoms with Gasteiger partial charge in [0.05, 0.1) is 5.56 Å². The fourth-order valence-corrected chi connectivity index (χ4v) is 1.51. The van der Waals surface area contributed by atoms with Crippen LogP contribution in [0.4, 0.5) is 0 Å². The van der Waals surface area contributed by atoms with Crippen molar-refractivity contribution in [1.29, 1.82) is 5.26 Å². The van der Waals surface area contributed by atoms with Gasteiger partial charge in [0, 0.05) is 13.3 Å². The molecule has 0 aliphatic heterocycles. The Morgan fingerprint density at radius 2 is 2.00 bits per heavy atom. The molecule has 68 valence electrons. The highest BCUT2D eigenvalue weighted by molar-refractivity contribution is 7.57. The van der Waals surface area contributed by atoms with E-state index in [1.165, 1.54) is 13.3 Å². The van der Waals surface area contributed by atoms with Crippen molar-refractivity contribution in [2.75, 3.05) is 13.3 Å². The maximum Gasteiger partial charge on any atom is 0.242 e. The van der Waals surface area contributed by atoms with Crippen LogP contribution in [0.3, 0.4) is 0 Å². The predicted octanol–water partition coefficient (Wildman–Crippen LogP) is 2.47. The van der Waals surface area contributed by atoms with E-state index in [-0.39, 0.29) is 0 Å². The summed E-state index contributed by atoms with van der Waals surface area (Å²) < 4.78 is 16.5. The number of benzene rings is 1. The summed E-state index contributed by atoms with van der Waals surface area (Å²) in [5, 5.41) is 8.70. The maximum atomic E-state index is 11.3. The van der Waals surface area contributed by atoms with Crippen LogP contribution in [0.2, 0.25) is 0 Å². The van der Waals surface area contributed by atoms with Crippen LogP contribution in [0.15, 0.2) is 24.3 Å². The van der Waals surface area contributed by atoms with Crippen LogP contribution in [0.25, 0.3) is 0 Å². The summed E-state index contributed by atoms with van der Waals surface area (Å²) in [6.07, 6.45) is 0. The number of nitrogens with zero attached hydrogens (tertiary/aromatic N) is 1. The summed E-state index contributed by atoms with van der Waals surface area (Å²) >= 11 is 0. The second-order valence-electron chi connectivity index (χ2n) is 2.95. The molecule has 0 saturated heterocycles. The zero-order valence-electron chi connectivity index (χ0n) is 7.52. The van der Waals surface area contributed by atoms with Crippen molar-refractivity contribution in [2.24, 2.45) is 0 Å². The number of para-hydroxylation sites is 1. The lowest BCUT2D eigenvalue weighted by molar-refractivity contribution is 0.493. The normalized spacial score (nSPS) is 10.5. The zero-order chi connectivity index (χ0) is 9.90. The Labute approximate surface area is 77.4 Å². The van der Waals surface area contributed by atoms with Crippen molar-refractivity contribution in [2.45, 2.75) is 0 Å². The van der Waals surface area contributed by atoms with Crippen LogP contribution in [-0.4, -0.2) is 13.3 Å². The Bertz CT molecular complexity index is 389. The lowest BCUT2D eigenvalue weighted by atomic mass is 10.2. The van der Waals surface area contributed by atoms with Gasteiger partial charge in [0.2, 0.25) is 7.37 Å². The zero-order valence-corrected chi connectivity index (χ0v) is 8.41. The molecule has 3 nitrogen and oxygen atoms in total. The highest BCUT2D eigenvalue weighted by Crippen LogP contribution is 2.39. The summed E-state index contributed by atoms with van der Waals surface area (Å²) in [6.45, 7) is 3.03. The van der Waals surface area contributed by atoms with E-state index in [4.69, 9.17) is 9.79 Å². The highest BCUT2D eigenvalue weighted by Gasteiger charge is 2.11. The minimum atomic E-state index is -2.58. The van der Waals surface area contributed by atoms with E-state index in [2.05, 4.69) is 0 Å². The molecule has 1 aromatic rings. The van der Waals surface area contributed by atoms with Gasteiger partial charge in [0.15, 0.2) is 0 Å². The van der Waals surface area contributed by atoms with Gasteiger partial charge in [-0.3, -0.25) is 4.57 Å². The predicted molar refractivity (Wildman–Crippen MR) is 51.2 cm³/mol. The first-order chi connectivity index (χ1) is 6.03. The lowest BCUT2D eigenvalue weighted by Gasteiger charge is -2.10. The van der Waals surface area contributed by atoms with E-state index < -0.39 is 7.37 Å². The van der Waals surface area contributed by atoms with E-state index >= 15 is 0 Å². The Morgan fingerprint density at radius 3 is 2.54 bits per heavy atom. The molecule has 0 unspecified atom stereocenters. The first kappa shape index (κ1) is 9.83. The molecule has 0 N–H and O–H groups in total. The molecule has 0 aromatic heterocycles. The lowest BCUT2D eigenvalue weighted by Crippen LogP contribution is -1.91. The van der Waals surface area contributed by atoms with Gasteiger partial charge >= 0.3 is 0 Å². The molecule has 0 heterocycles. The Hall–Kier alpha value is -1.26. The summed E-state index contributed by atoms with van der Waals surface area (Å²) in [5.41, 5.74) is 0.409. The fourth-order valence-electron chi connectivity index (χ4n) is 0.875. The second-order valence-corrected chi connectivity index (χ2v) is 5.64. The van der Waals surface area contributed by atoms with Gasteiger partial charge in [0.25, 0.3) is 0 Å².